The molecule has 0 amide bonds. The predicted molar refractivity (Wildman–Crippen MR) is 66.8 cm³/mol. The van der Waals surface area contributed by atoms with Crippen LogP contribution in [-0.2, 0) is 0 Å². The number of hydrogen-bond acceptors (Lipinski definition) is 0. The third kappa shape index (κ3) is 5.02. The van der Waals surface area contributed by atoms with Gasteiger partial charge in [-0.15, -0.1) is 22.5 Å². The van der Waals surface area contributed by atoms with Crippen molar-refractivity contribution in [1.29, 1.82) is 0 Å². The Morgan fingerprint density at radius 2 is 1.20 bits per heavy atom. The van der Waals surface area contributed by atoms with Crippen LogP contribution in [0, 0.1) is 6.07 Å². The van der Waals surface area contributed by atoms with Crippen LogP contribution in [0.2, 0.25) is 0 Å². The SMILES string of the molecule is Br.[Cl-].[Mg+2].[c-]1ccc(-c2ccccc2)cc1. The minimum Gasteiger partial charge on any atom is -1.00 e. The molecule has 0 nitrogen and oxygen atoms in total. The minimum atomic E-state index is 0. The van der Waals surface area contributed by atoms with Gasteiger partial charge in [-0.05, 0) is 5.56 Å². The molecule has 0 fully saturated rings. The summed E-state index contributed by atoms with van der Waals surface area (Å²) in [5.74, 6) is 0. The van der Waals surface area contributed by atoms with E-state index >= 15 is 0 Å². The van der Waals surface area contributed by atoms with Crippen LogP contribution in [0.4, 0.5) is 0 Å². The maximum Gasteiger partial charge on any atom is 2.00 e. The second-order valence-electron chi connectivity index (χ2n) is 2.65. The van der Waals surface area contributed by atoms with Crippen LogP contribution in [-0.4, -0.2) is 23.1 Å². The summed E-state index contributed by atoms with van der Waals surface area (Å²) >= 11 is 0. The zero-order valence-corrected chi connectivity index (χ0v) is 12.1. The van der Waals surface area contributed by atoms with Crippen molar-refractivity contribution in [3.05, 3.63) is 60.7 Å². The average molecular weight is 294 g/mol. The Labute approximate surface area is 123 Å². The Hall–Kier alpha value is -0.0238. The van der Waals surface area contributed by atoms with E-state index in [1.165, 1.54) is 11.1 Å². The summed E-state index contributed by atoms with van der Waals surface area (Å²) in [6, 6.07) is 21.3. The third-order valence-electron chi connectivity index (χ3n) is 1.83. The number of rotatable bonds is 1. The Morgan fingerprint density at radius 1 is 0.733 bits per heavy atom. The van der Waals surface area contributed by atoms with E-state index < -0.39 is 0 Å². The molecule has 0 aliphatic rings. The Balaban J connectivity index is 0. The van der Waals surface area contributed by atoms with Gasteiger partial charge in [-0.25, -0.2) is 0 Å². The molecule has 0 saturated carbocycles. The van der Waals surface area contributed by atoms with Gasteiger partial charge in [0.05, 0.1) is 0 Å². The molecule has 2 aromatic rings. The summed E-state index contributed by atoms with van der Waals surface area (Å²) in [6.45, 7) is 0. The molecule has 74 valence electrons. The first kappa shape index (κ1) is 17.4. The molecule has 0 aromatic heterocycles. The molecule has 2 rings (SSSR count). The second-order valence-corrected chi connectivity index (χ2v) is 2.65. The quantitative estimate of drug-likeness (QED) is 0.526. The van der Waals surface area contributed by atoms with Gasteiger partial charge in [0, 0.05) is 0 Å². The van der Waals surface area contributed by atoms with Crippen LogP contribution in [0.5, 0.6) is 0 Å². The summed E-state index contributed by atoms with van der Waals surface area (Å²) in [5.41, 5.74) is 2.50. The molecule has 0 saturated heterocycles. The van der Waals surface area contributed by atoms with E-state index in [1.807, 2.05) is 30.3 Å². The standard InChI is InChI=1S/C12H9.BrH.ClH.Mg/c1-3-7-11(8-4-1)12-9-5-2-6-10-12;;;/h1,3-10H;2*1H;/q-1;;;+2/p-1. The van der Waals surface area contributed by atoms with E-state index in [9.17, 15) is 0 Å². The van der Waals surface area contributed by atoms with Gasteiger partial charge < -0.3 is 12.4 Å². The van der Waals surface area contributed by atoms with Crippen molar-refractivity contribution in [2.45, 2.75) is 0 Å². The zero-order chi connectivity index (χ0) is 8.23. The van der Waals surface area contributed by atoms with Crippen LogP contribution in [0.1, 0.15) is 0 Å². The van der Waals surface area contributed by atoms with Crippen LogP contribution >= 0.6 is 17.0 Å². The molecule has 15 heavy (non-hydrogen) atoms. The maximum absolute atomic E-state index is 3.00. The first-order valence-electron chi connectivity index (χ1n) is 3.98. The van der Waals surface area contributed by atoms with Gasteiger partial charge in [-0.1, -0.05) is 30.3 Å². The van der Waals surface area contributed by atoms with Gasteiger partial charge in [0.2, 0.25) is 0 Å². The van der Waals surface area contributed by atoms with Crippen molar-refractivity contribution in [3.63, 3.8) is 0 Å². The topological polar surface area (TPSA) is 0 Å². The molecule has 0 aliphatic heterocycles. The summed E-state index contributed by atoms with van der Waals surface area (Å²) in [4.78, 5) is 0. The van der Waals surface area contributed by atoms with Crippen LogP contribution in [0.3, 0.4) is 0 Å². The van der Waals surface area contributed by atoms with Crippen LogP contribution in [0.25, 0.3) is 11.1 Å². The fourth-order valence-electron chi connectivity index (χ4n) is 1.21. The number of halogens is 2. The Kier molecular flexibility index (Phi) is 10.7. The zero-order valence-electron chi connectivity index (χ0n) is 8.19. The minimum absolute atomic E-state index is 0. The van der Waals surface area contributed by atoms with E-state index in [2.05, 4.69) is 30.3 Å². The molecule has 0 atom stereocenters. The fourth-order valence-corrected chi connectivity index (χ4v) is 1.21. The average Bonchev–Trinajstić information content (AvgIpc) is 2.21. The van der Waals surface area contributed by atoms with Crippen molar-refractivity contribution in [1.82, 2.24) is 0 Å². The Morgan fingerprint density at radius 3 is 1.73 bits per heavy atom. The number of hydrogen-bond donors (Lipinski definition) is 0. The molecular formula is C12H10BrClMg. The third-order valence-corrected chi connectivity index (χ3v) is 1.83. The molecule has 0 spiro atoms. The molecule has 0 bridgehead atoms. The maximum atomic E-state index is 3.00. The largest absolute Gasteiger partial charge is 2.00 e. The smallest absolute Gasteiger partial charge is 1.00 e. The van der Waals surface area contributed by atoms with Gasteiger partial charge in [0.25, 0.3) is 0 Å². The monoisotopic (exact) mass is 292 g/mol. The first-order chi connectivity index (χ1) is 5.97. The number of benzene rings is 2. The molecule has 0 N–H and O–H groups in total. The second kappa shape index (κ2) is 9.22. The van der Waals surface area contributed by atoms with Crippen molar-refractivity contribution >= 4 is 40.0 Å². The van der Waals surface area contributed by atoms with Gasteiger partial charge in [0.1, 0.15) is 0 Å². The van der Waals surface area contributed by atoms with Gasteiger partial charge in [0.15, 0.2) is 0 Å². The van der Waals surface area contributed by atoms with Gasteiger partial charge in [-0.3, -0.25) is 0 Å². The van der Waals surface area contributed by atoms with Crippen LogP contribution in [0.15, 0.2) is 54.6 Å². The van der Waals surface area contributed by atoms with Crippen molar-refractivity contribution < 1.29 is 12.4 Å². The molecule has 0 heterocycles. The molecular weight excluding hydrogens is 284 g/mol. The van der Waals surface area contributed by atoms with E-state index in [4.69, 9.17) is 0 Å². The molecule has 0 aliphatic carbocycles. The van der Waals surface area contributed by atoms with E-state index in [0.717, 1.165) is 0 Å². The Bertz CT molecular complexity index is 313. The normalized spacial score (nSPS) is 7.73. The van der Waals surface area contributed by atoms with E-state index in [-0.39, 0.29) is 52.4 Å². The van der Waals surface area contributed by atoms with Crippen LogP contribution < -0.4 is 12.4 Å². The fraction of sp³-hybridized carbons (Fsp3) is 0. The molecule has 2 aromatic carbocycles. The van der Waals surface area contributed by atoms with Gasteiger partial charge in [-0.2, -0.15) is 30.3 Å². The van der Waals surface area contributed by atoms with E-state index in [0.29, 0.717) is 0 Å². The van der Waals surface area contributed by atoms with E-state index in [1.54, 1.807) is 0 Å². The predicted octanol–water partition coefficient (Wildman–Crippen LogP) is 0.355. The summed E-state index contributed by atoms with van der Waals surface area (Å²) in [7, 11) is 0. The van der Waals surface area contributed by atoms with Crippen molar-refractivity contribution in [2.24, 2.45) is 0 Å². The van der Waals surface area contributed by atoms with Crippen molar-refractivity contribution in [2.75, 3.05) is 0 Å². The molecule has 0 unspecified atom stereocenters. The molecule has 0 radical (unpaired) electrons. The summed E-state index contributed by atoms with van der Waals surface area (Å²) < 4.78 is 0. The van der Waals surface area contributed by atoms with Crippen molar-refractivity contribution in [3.8, 4) is 11.1 Å². The van der Waals surface area contributed by atoms with Gasteiger partial charge >= 0.3 is 23.1 Å². The molecule has 3 heteroatoms. The first-order valence-corrected chi connectivity index (χ1v) is 3.98. The summed E-state index contributed by atoms with van der Waals surface area (Å²) in [5, 5.41) is 0. The summed E-state index contributed by atoms with van der Waals surface area (Å²) in [6.07, 6.45) is 0.